The third kappa shape index (κ3) is 2.13. The van der Waals surface area contributed by atoms with Crippen LogP contribution in [0.15, 0.2) is 22.7 Å². The van der Waals surface area contributed by atoms with E-state index >= 15 is 0 Å². The van der Waals surface area contributed by atoms with Gasteiger partial charge in [-0.05, 0) is 6.07 Å². The summed E-state index contributed by atoms with van der Waals surface area (Å²) in [6, 6.07) is 4.12. The Morgan fingerprint density at radius 2 is 2.33 bits per heavy atom. The molecule has 0 saturated heterocycles. The van der Waals surface area contributed by atoms with E-state index in [9.17, 15) is 10.1 Å². The SMILES string of the molecule is COc1cc([N+](=O)[O-])ccc1-c1nc(CN)no1. The van der Waals surface area contributed by atoms with Crippen LogP contribution in [-0.4, -0.2) is 22.2 Å². The zero-order valence-corrected chi connectivity index (χ0v) is 9.49. The van der Waals surface area contributed by atoms with Crippen molar-refractivity contribution < 1.29 is 14.2 Å². The number of nitro groups is 1. The Balaban J connectivity index is 2.47. The number of hydrogen-bond donors (Lipinski definition) is 1. The van der Waals surface area contributed by atoms with E-state index in [2.05, 4.69) is 10.1 Å². The Labute approximate surface area is 102 Å². The maximum absolute atomic E-state index is 10.6. The molecule has 2 N–H and O–H groups in total. The molecule has 1 heterocycles. The molecule has 0 spiro atoms. The number of aromatic nitrogens is 2. The fraction of sp³-hybridized carbons (Fsp3) is 0.200. The predicted octanol–water partition coefficient (Wildman–Crippen LogP) is 1.11. The number of nitro benzene ring substituents is 1. The molecule has 8 heteroatoms. The maximum atomic E-state index is 10.6. The van der Waals surface area contributed by atoms with Gasteiger partial charge in [0.2, 0.25) is 0 Å². The summed E-state index contributed by atoms with van der Waals surface area (Å²) in [5, 5.41) is 14.3. The van der Waals surface area contributed by atoms with Gasteiger partial charge in [-0.3, -0.25) is 10.1 Å². The number of non-ortho nitro benzene ring substituents is 1. The van der Waals surface area contributed by atoms with E-state index in [1.807, 2.05) is 0 Å². The van der Waals surface area contributed by atoms with Crippen LogP contribution < -0.4 is 10.5 Å². The minimum Gasteiger partial charge on any atom is -0.496 e. The average Bonchev–Trinajstić information content (AvgIpc) is 2.86. The summed E-state index contributed by atoms with van der Waals surface area (Å²) in [7, 11) is 1.41. The van der Waals surface area contributed by atoms with Crippen molar-refractivity contribution in [3.8, 4) is 17.2 Å². The Hall–Kier alpha value is -2.48. The van der Waals surface area contributed by atoms with Gasteiger partial charge in [-0.15, -0.1) is 0 Å². The molecule has 0 unspecified atom stereocenters. The average molecular weight is 250 g/mol. The largest absolute Gasteiger partial charge is 0.496 e. The van der Waals surface area contributed by atoms with Gasteiger partial charge in [0.1, 0.15) is 5.75 Å². The molecule has 2 rings (SSSR count). The highest BCUT2D eigenvalue weighted by Gasteiger charge is 2.17. The first-order valence-corrected chi connectivity index (χ1v) is 5.01. The zero-order chi connectivity index (χ0) is 13.1. The number of hydrogen-bond acceptors (Lipinski definition) is 7. The molecule has 1 aromatic heterocycles. The van der Waals surface area contributed by atoms with Crippen LogP contribution in [0.4, 0.5) is 5.69 Å². The van der Waals surface area contributed by atoms with Crippen LogP contribution in [0.25, 0.3) is 11.5 Å². The number of methoxy groups -OCH3 is 1. The first-order valence-electron chi connectivity index (χ1n) is 5.01. The summed E-state index contributed by atoms with van der Waals surface area (Å²) in [4.78, 5) is 14.2. The molecule has 0 bridgehead atoms. The summed E-state index contributed by atoms with van der Waals surface area (Å²) in [6.07, 6.45) is 0. The second-order valence-corrected chi connectivity index (χ2v) is 3.36. The summed E-state index contributed by atoms with van der Waals surface area (Å²) in [5.74, 6) is 0.851. The van der Waals surface area contributed by atoms with Crippen LogP contribution in [0.3, 0.4) is 0 Å². The predicted molar refractivity (Wildman–Crippen MR) is 60.8 cm³/mol. The van der Waals surface area contributed by atoms with E-state index in [0.29, 0.717) is 11.4 Å². The zero-order valence-electron chi connectivity index (χ0n) is 9.49. The first kappa shape index (κ1) is 12.0. The minimum atomic E-state index is -0.509. The fourth-order valence-corrected chi connectivity index (χ4v) is 1.42. The van der Waals surface area contributed by atoms with Gasteiger partial charge < -0.3 is 15.0 Å². The molecule has 1 aromatic carbocycles. The molecule has 0 amide bonds. The molecular formula is C10H10N4O4. The van der Waals surface area contributed by atoms with Crippen LogP contribution in [0.5, 0.6) is 5.75 Å². The lowest BCUT2D eigenvalue weighted by Gasteiger charge is -2.03. The minimum absolute atomic E-state index is 0.0748. The van der Waals surface area contributed by atoms with Gasteiger partial charge in [0.15, 0.2) is 5.82 Å². The molecular weight excluding hydrogens is 240 g/mol. The molecule has 0 aliphatic carbocycles. The lowest BCUT2D eigenvalue weighted by molar-refractivity contribution is -0.384. The highest BCUT2D eigenvalue weighted by atomic mass is 16.6. The van der Waals surface area contributed by atoms with Crippen molar-refractivity contribution in [2.24, 2.45) is 5.73 Å². The molecule has 0 saturated carbocycles. The third-order valence-corrected chi connectivity index (χ3v) is 2.28. The monoisotopic (exact) mass is 250 g/mol. The van der Waals surface area contributed by atoms with Gasteiger partial charge in [0.25, 0.3) is 11.6 Å². The number of nitrogens with two attached hydrogens (primary N) is 1. The van der Waals surface area contributed by atoms with Crippen molar-refractivity contribution >= 4 is 5.69 Å². The fourth-order valence-electron chi connectivity index (χ4n) is 1.42. The molecule has 0 aliphatic heterocycles. The van der Waals surface area contributed by atoms with Crippen LogP contribution in [0.1, 0.15) is 5.82 Å². The maximum Gasteiger partial charge on any atom is 0.273 e. The quantitative estimate of drug-likeness (QED) is 0.637. The number of nitrogens with zero attached hydrogens (tertiary/aromatic N) is 3. The molecule has 18 heavy (non-hydrogen) atoms. The molecule has 2 aromatic rings. The highest BCUT2D eigenvalue weighted by molar-refractivity contribution is 5.65. The lowest BCUT2D eigenvalue weighted by atomic mass is 10.2. The van der Waals surface area contributed by atoms with Crippen molar-refractivity contribution in [2.45, 2.75) is 6.54 Å². The molecule has 0 radical (unpaired) electrons. The van der Waals surface area contributed by atoms with Crippen LogP contribution in [0.2, 0.25) is 0 Å². The normalized spacial score (nSPS) is 10.3. The van der Waals surface area contributed by atoms with Gasteiger partial charge in [0.05, 0.1) is 30.2 Å². The Morgan fingerprint density at radius 3 is 2.89 bits per heavy atom. The van der Waals surface area contributed by atoms with E-state index in [1.165, 1.54) is 25.3 Å². The Bertz CT molecular complexity index is 581. The van der Waals surface area contributed by atoms with Crippen molar-refractivity contribution in [1.82, 2.24) is 10.1 Å². The van der Waals surface area contributed by atoms with Gasteiger partial charge in [0, 0.05) is 6.07 Å². The van der Waals surface area contributed by atoms with Crippen molar-refractivity contribution in [2.75, 3.05) is 7.11 Å². The van der Waals surface area contributed by atoms with E-state index in [0.717, 1.165) is 0 Å². The summed E-state index contributed by atoms with van der Waals surface area (Å²) < 4.78 is 10.1. The van der Waals surface area contributed by atoms with Gasteiger partial charge in [-0.25, -0.2) is 0 Å². The number of benzene rings is 1. The molecule has 0 aliphatic rings. The third-order valence-electron chi connectivity index (χ3n) is 2.28. The topological polar surface area (TPSA) is 117 Å². The van der Waals surface area contributed by atoms with Gasteiger partial charge >= 0.3 is 0 Å². The standard InChI is InChI=1S/C10H10N4O4/c1-17-8-4-6(14(15)16)2-3-7(8)10-12-9(5-11)13-18-10/h2-4H,5,11H2,1H3. The second-order valence-electron chi connectivity index (χ2n) is 3.36. The van der Waals surface area contributed by atoms with E-state index in [4.69, 9.17) is 15.0 Å². The van der Waals surface area contributed by atoms with Crippen molar-refractivity contribution in [3.05, 3.63) is 34.1 Å². The van der Waals surface area contributed by atoms with E-state index in [-0.39, 0.29) is 23.9 Å². The summed E-state index contributed by atoms with van der Waals surface area (Å²) in [6.45, 7) is 0.152. The number of rotatable bonds is 4. The molecule has 8 nitrogen and oxygen atoms in total. The summed E-state index contributed by atoms with van der Waals surface area (Å²) in [5.41, 5.74) is 5.78. The highest BCUT2D eigenvalue weighted by Crippen LogP contribution is 2.32. The Morgan fingerprint density at radius 1 is 1.56 bits per heavy atom. The van der Waals surface area contributed by atoms with Crippen LogP contribution >= 0.6 is 0 Å². The van der Waals surface area contributed by atoms with E-state index in [1.54, 1.807) is 0 Å². The van der Waals surface area contributed by atoms with Gasteiger partial charge in [-0.2, -0.15) is 4.98 Å². The summed E-state index contributed by atoms with van der Waals surface area (Å²) >= 11 is 0. The Kier molecular flexibility index (Phi) is 3.20. The first-order chi connectivity index (χ1) is 8.65. The lowest BCUT2D eigenvalue weighted by Crippen LogP contribution is -1.98. The van der Waals surface area contributed by atoms with Crippen LogP contribution in [0, 0.1) is 10.1 Å². The van der Waals surface area contributed by atoms with Crippen molar-refractivity contribution in [1.29, 1.82) is 0 Å². The van der Waals surface area contributed by atoms with E-state index < -0.39 is 4.92 Å². The second kappa shape index (κ2) is 4.80. The van der Waals surface area contributed by atoms with Gasteiger partial charge in [-0.1, -0.05) is 5.16 Å². The molecule has 94 valence electrons. The van der Waals surface area contributed by atoms with Crippen LogP contribution in [-0.2, 0) is 6.54 Å². The smallest absolute Gasteiger partial charge is 0.273 e. The molecule has 0 atom stereocenters. The molecule has 0 fully saturated rings. The van der Waals surface area contributed by atoms with Crippen molar-refractivity contribution in [3.63, 3.8) is 0 Å². The number of ether oxygens (including phenoxy) is 1.